The predicted molar refractivity (Wildman–Crippen MR) is 82.1 cm³/mol. The molecular weight excluding hydrogens is 320 g/mol. The molecule has 1 fully saturated rings. The number of methoxy groups -OCH3 is 1. The first-order chi connectivity index (χ1) is 9.61. The molecule has 1 aliphatic carbocycles. The Kier molecular flexibility index (Phi) is 5.46. The summed E-state index contributed by atoms with van der Waals surface area (Å²) in [5.41, 5.74) is 1.18. The lowest BCUT2D eigenvalue weighted by Crippen LogP contribution is -2.24. The number of benzene rings is 1. The highest BCUT2D eigenvalue weighted by molar-refractivity contribution is 9.10. The smallest absolute Gasteiger partial charge is 0.306 e. The van der Waals surface area contributed by atoms with Gasteiger partial charge in [-0.15, -0.1) is 0 Å². The van der Waals surface area contributed by atoms with Crippen LogP contribution in [0.4, 0.5) is 0 Å². The lowest BCUT2D eigenvalue weighted by atomic mass is 9.83. The van der Waals surface area contributed by atoms with Crippen molar-refractivity contribution in [3.63, 3.8) is 0 Å². The Morgan fingerprint density at radius 1 is 1.35 bits per heavy atom. The molecule has 0 saturated heterocycles. The maximum Gasteiger partial charge on any atom is 0.306 e. The maximum absolute atomic E-state index is 11.4. The summed E-state index contributed by atoms with van der Waals surface area (Å²) in [7, 11) is 1.64. The zero-order chi connectivity index (χ0) is 14.5. The summed E-state index contributed by atoms with van der Waals surface area (Å²) in [5.74, 6) is 0.225. The van der Waals surface area contributed by atoms with Gasteiger partial charge in [-0.1, -0.05) is 25.3 Å². The number of carbonyl (C=O) groups is 1. The standard InChI is InChI=1S/C16H21BrO3/c1-20-15-8-7-11(10-14(15)17)9-12-5-3-2-4-6-13(12)16(18)19/h7-8,10,12-13H,2-6,9H2,1H3,(H,18,19). The molecule has 0 bridgehead atoms. The molecule has 0 aromatic heterocycles. The Morgan fingerprint density at radius 3 is 2.75 bits per heavy atom. The van der Waals surface area contributed by atoms with E-state index in [1.807, 2.05) is 18.2 Å². The van der Waals surface area contributed by atoms with Crippen LogP contribution in [-0.2, 0) is 11.2 Å². The van der Waals surface area contributed by atoms with Gasteiger partial charge in [-0.2, -0.15) is 0 Å². The fourth-order valence-corrected chi connectivity index (χ4v) is 3.68. The van der Waals surface area contributed by atoms with Gasteiger partial charge in [-0.3, -0.25) is 4.79 Å². The number of rotatable bonds is 4. The van der Waals surface area contributed by atoms with Crippen LogP contribution >= 0.6 is 15.9 Å². The molecule has 4 heteroatoms. The Morgan fingerprint density at radius 2 is 2.10 bits per heavy atom. The fourth-order valence-electron chi connectivity index (χ4n) is 3.09. The summed E-state index contributed by atoms with van der Waals surface area (Å²) in [6, 6.07) is 6.02. The molecule has 0 aliphatic heterocycles. The predicted octanol–water partition coefficient (Wildman–Crippen LogP) is 4.28. The Hall–Kier alpha value is -1.03. The summed E-state index contributed by atoms with van der Waals surface area (Å²) < 4.78 is 6.16. The average Bonchev–Trinajstić information content (AvgIpc) is 2.64. The summed E-state index contributed by atoms with van der Waals surface area (Å²) in [6.07, 6.45) is 6.01. The number of hydrogen-bond acceptors (Lipinski definition) is 2. The van der Waals surface area contributed by atoms with E-state index in [0.717, 1.165) is 48.7 Å². The molecule has 0 heterocycles. The molecule has 3 nitrogen and oxygen atoms in total. The van der Waals surface area contributed by atoms with Crippen molar-refractivity contribution in [1.29, 1.82) is 0 Å². The minimum Gasteiger partial charge on any atom is -0.496 e. The van der Waals surface area contributed by atoms with Gasteiger partial charge >= 0.3 is 5.97 Å². The van der Waals surface area contributed by atoms with Crippen molar-refractivity contribution < 1.29 is 14.6 Å². The van der Waals surface area contributed by atoms with Crippen LogP contribution in [0.2, 0.25) is 0 Å². The second kappa shape index (κ2) is 7.11. The lowest BCUT2D eigenvalue weighted by Gasteiger charge is -2.21. The van der Waals surface area contributed by atoms with Gasteiger partial charge in [0.1, 0.15) is 5.75 Å². The van der Waals surface area contributed by atoms with E-state index in [9.17, 15) is 9.90 Å². The monoisotopic (exact) mass is 340 g/mol. The van der Waals surface area contributed by atoms with Crippen molar-refractivity contribution in [2.75, 3.05) is 7.11 Å². The molecule has 1 saturated carbocycles. The molecule has 2 unspecified atom stereocenters. The Balaban J connectivity index is 2.13. The second-order valence-electron chi connectivity index (χ2n) is 5.52. The molecular formula is C16H21BrO3. The van der Waals surface area contributed by atoms with Crippen molar-refractivity contribution in [2.45, 2.75) is 38.5 Å². The van der Waals surface area contributed by atoms with E-state index in [1.165, 1.54) is 5.56 Å². The van der Waals surface area contributed by atoms with Crippen LogP contribution in [0, 0.1) is 11.8 Å². The van der Waals surface area contributed by atoms with Crippen LogP contribution in [0.15, 0.2) is 22.7 Å². The molecule has 2 rings (SSSR count). The molecule has 110 valence electrons. The third kappa shape index (κ3) is 3.75. The topological polar surface area (TPSA) is 46.5 Å². The lowest BCUT2D eigenvalue weighted by molar-refractivity contribution is -0.143. The first kappa shape index (κ1) is 15.4. The van der Waals surface area contributed by atoms with E-state index in [4.69, 9.17) is 4.74 Å². The van der Waals surface area contributed by atoms with Crippen LogP contribution in [0.3, 0.4) is 0 Å². The van der Waals surface area contributed by atoms with Crippen LogP contribution in [0.1, 0.15) is 37.7 Å². The van der Waals surface area contributed by atoms with Gasteiger partial charge in [0.15, 0.2) is 0 Å². The molecule has 20 heavy (non-hydrogen) atoms. The van der Waals surface area contributed by atoms with Crippen LogP contribution in [0.25, 0.3) is 0 Å². The van der Waals surface area contributed by atoms with Gasteiger partial charge in [-0.05, 0) is 58.8 Å². The Labute approximate surface area is 128 Å². The third-order valence-corrected chi connectivity index (χ3v) is 4.81. The van der Waals surface area contributed by atoms with Gasteiger partial charge in [0.25, 0.3) is 0 Å². The zero-order valence-electron chi connectivity index (χ0n) is 11.8. The normalized spacial score (nSPS) is 23.1. The van der Waals surface area contributed by atoms with E-state index in [0.29, 0.717) is 0 Å². The molecule has 1 aliphatic rings. The van der Waals surface area contributed by atoms with Crippen molar-refractivity contribution >= 4 is 21.9 Å². The Bertz CT molecular complexity index is 473. The molecule has 1 aromatic rings. The first-order valence-electron chi connectivity index (χ1n) is 7.17. The number of hydrogen-bond donors (Lipinski definition) is 1. The van der Waals surface area contributed by atoms with E-state index in [2.05, 4.69) is 15.9 Å². The van der Waals surface area contributed by atoms with Crippen LogP contribution < -0.4 is 4.74 Å². The highest BCUT2D eigenvalue weighted by Gasteiger charge is 2.29. The number of carboxylic acids is 1. The quantitative estimate of drug-likeness (QED) is 0.832. The molecule has 1 N–H and O–H groups in total. The van der Waals surface area contributed by atoms with Gasteiger partial charge in [-0.25, -0.2) is 0 Å². The molecule has 1 aromatic carbocycles. The van der Waals surface area contributed by atoms with Gasteiger partial charge in [0.2, 0.25) is 0 Å². The number of halogens is 1. The largest absolute Gasteiger partial charge is 0.496 e. The van der Waals surface area contributed by atoms with E-state index < -0.39 is 5.97 Å². The minimum atomic E-state index is -0.635. The van der Waals surface area contributed by atoms with Crippen LogP contribution in [0.5, 0.6) is 5.75 Å². The zero-order valence-corrected chi connectivity index (χ0v) is 13.4. The van der Waals surface area contributed by atoms with Gasteiger partial charge in [0, 0.05) is 0 Å². The number of carboxylic acid groups (broad SMARTS) is 1. The highest BCUT2D eigenvalue weighted by Crippen LogP contribution is 2.33. The van der Waals surface area contributed by atoms with Crippen molar-refractivity contribution in [3.05, 3.63) is 28.2 Å². The molecule has 2 atom stereocenters. The van der Waals surface area contributed by atoms with E-state index in [-0.39, 0.29) is 11.8 Å². The second-order valence-corrected chi connectivity index (χ2v) is 6.37. The SMILES string of the molecule is COc1ccc(CC2CCCCCC2C(=O)O)cc1Br. The number of ether oxygens (including phenoxy) is 1. The third-order valence-electron chi connectivity index (χ3n) is 4.19. The van der Waals surface area contributed by atoms with Crippen LogP contribution in [-0.4, -0.2) is 18.2 Å². The minimum absolute atomic E-state index is 0.196. The van der Waals surface area contributed by atoms with E-state index in [1.54, 1.807) is 7.11 Å². The first-order valence-corrected chi connectivity index (χ1v) is 7.96. The summed E-state index contributed by atoms with van der Waals surface area (Å²) in [5, 5.41) is 9.42. The van der Waals surface area contributed by atoms with Crippen molar-refractivity contribution in [3.8, 4) is 5.75 Å². The van der Waals surface area contributed by atoms with E-state index >= 15 is 0 Å². The molecule has 0 spiro atoms. The fraction of sp³-hybridized carbons (Fsp3) is 0.562. The molecule has 0 amide bonds. The summed E-state index contributed by atoms with van der Waals surface area (Å²) >= 11 is 3.49. The molecule has 0 radical (unpaired) electrons. The van der Waals surface area contributed by atoms with Crippen molar-refractivity contribution in [2.24, 2.45) is 11.8 Å². The number of aliphatic carboxylic acids is 1. The maximum atomic E-state index is 11.4. The highest BCUT2D eigenvalue weighted by atomic mass is 79.9. The average molecular weight is 341 g/mol. The van der Waals surface area contributed by atoms with Crippen molar-refractivity contribution in [1.82, 2.24) is 0 Å². The van der Waals surface area contributed by atoms with Gasteiger partial charge in [0.05, 0.1) is 17.5 Å². The summed E-state index contributed by atoms with van der Waals surface area (Å²) in [4.78, 5) is 11.4. The summed E-state index contributed by atoms with van der Waals surface area (Å²) in [6.45, 7) is 0. The van der Waals surface area contributed by atoms with Gasteiger partial charge < -0.3 is 9.84 Å².